The summed E-state index contributed by atoms with van der Waals surface area (Å²) in [7, 11) is 0. The topological polar surface area (TPSA) is 34.4 Å². The summed E-state index contributed by atoms with van der Waals surface area (Å²) in [5, 5.41) is 3.21. The van der Waals surface area contributed by atoms with E-state index in [4.69, 9.17) is 9.15 Å². The van der Waals surface area contributed by atoms with Gasteiger partial charge in [0, 0.05) is 12.1 Å². The fourth-order valence-electron chi connectivity index (χ4n) is 1.77. The number of rotatable bonds is 7. The average Bonchev–Trinajstić information content (AvgIpc) is 2.92. The highest BCUT2D eigenvalue weighted by molar-refractivity contribution is 5.24. The molecule has 0 saturated heterocycles. The van der Waals surface area contributed by atoms with Gasteiger partial charge < -0.3 is 14.5 Å². The van der Waals surface area contributed by atoms with Gasteiger partial charge in [-0.2, -0.15) is 0 Å². The van der Waals surface area contributed by atoms with Gasteiger partial charge >= 0.3 is 0 Å². The van der Waals surface area contributed by atoms with Crippen LogP contribution < -0.4 is 5.32 Å². The van der Waals surface area contributed by atoms with Crippen molar-refractivity contribution in [2.75, 3.05) is 6.54 Å². The van der Waals surface area contributed by atoms with Crippen molar-refractivity contribution >= 4 is 0 Å². The first kappa shape index (κ1) is 13.8. The number of benzene rings is 1. The van der Waals surface area contributed by atoms with Crippen LogP contribution in [0.5, 0.6) is 0 Å². The molecule has 3 nitrogen and oxygen atoms in total. The molecule has 0 atom stereocenters. The first-order chi connectivity index (χ1) is 9.29. The zero-order valence-corrected chi connectivity index (χ0v) is 11.0. The van der Waals surface area contributed by atoms with Gasteiger partial charge in [-0.3, -0.25) is 0 Å². The van der Waals surface area contributed by atoms with Crippen LogP contribution in [0.3, 0.4) is 0 Å². The highest BCUT2D eigenvalue weighted by Crippen LogP contribution is 2.13. The van der Waals surface area contributed by atoms with E-state index in [-0.39, 0.29) is 12.4 Å². The second kappa shape index (κ2) is 7.07. The molecular formula is C15H18FNO2. The fraction of sp³-hybridized carbons (Fsp3) is 0.333. The SMILES string of the molecule is CCNCc1ccc(F)c(COCc2ccco2)c1. The molecule has 0 bridgehead atoms. The number of hydrogen-bond donors (Lipinski definition) is 1. The van der Waals surface area contributed by atoms with Crippen LogP contribution in [0, 0.1) is 5.82 Å². The standard InChI is InChI=1S/C15H18FNO2/c1-2-17-9-12-5-6-15(16)13(8-12)10-18-11-14-4-3-7-19-14/h3-8,17H,2,9-11H2,1H3. The highest BCUT2D eigenvalue weighted by Gasteiger charge is 2.05. The molecule has 1 N–H and O–H groups in total. The first-order valence-electron chi connectivity index (χ1n) is 6.37. The smallest absolute Gasteiger partial charge is 0.129 e. The lowest BCUT2D eigenvalue weighted by molar-refractivity contribution is 0.0908. The maximum atomic E-state index is 13.6. The van der Waals surface area contributed by atoms with Crippen molar-refractivity contribution in [3.63, 3.8) is 0 Å². The zero-order chi connectivity index (χ0) is 13.5. The van der Waals surface area contributed by atoms with E-state index in [2.05, 4.69) is 5.32 Å². The van der Waals surface area contributed by atoms with Crippen LogP contribution in [-0.4, -0.2) is 6.54 Å². The maximum Gasteiger partial charge on any atom is 0.129 e. The summed E-state index contributed by atoms with van der Waals surface area (Å²) < 4.78 is 24.2. The molecule has 1 heterocycles. The largest absolute Gasteiger partial charge is 0.467 e. The number of halogens is 1. The Morgan fingerprint density at radius 1 is 1.26 bits per heavy atom. The molecule has 0 unspecified atom stereocenters. The molecule has 2 rings (SSSR count). The summed E-state index contributed by atoms with van der Waals surface area (Å²) in [6, 6.07) is 8.74. The Kier molecular flexibility index (Phi) is 5.12. The van der Waals surface area contributed by atoms with Crippen LogP contribution in [0.2, 0.25) is 0 Å². The molecule has 19 heavy (non-hydrogen) atoms. The molecule has 1 aromatic carbocycles. The molecule has 0 amide bonds. The average molecular weight is 263 g/mol. The van der Waals surface area contributed by atoms with Gasteiger partial charge in [0.05, 0.1) is 12.9 Å². The number of ether oxygens (including phenoxy) is 1. The highest BCUT2D eigenvalue weighted by atomic mass is 19.1. The van der Waals surface area contributed by atoms with E-state index in [1.165, 1.54) is 6.07 Å². The molecule has 0 fully saturated rings. The molecular weight excluding hydrogens is 245 g/mol. The minimum Gasteiger partial charge on any atom is -0.467 e. The van der Waals surface area contributed by atoms with E-state index < -0.39 is 0 Å². The lowest BCUT2D eigenvalue weighted by Crippen LogP contribution is -2.12. The molecule has 0 radical (unpaired) electrons. The molecule has 0 saturated carbocycles. The Labute approximate surface area is 112 Å². The molecule has 102 valence electrons. The molecule has 4 heteroatoms. The van der Waals surface area contributed by atoms with E-state index >= 15 is 0 Å². The van der Waals surface area contributed by atoms with Crippen LogP contribution in [0.4, 0.5) is 4.39 Å². The lowest BCUT2D eigenvalue weighted by atomic mass is 10.1. The van der Waals surface area contributed by atoms with Crippen LogP contribution >= 0.6 is 0 Å². The number of nitrogens with one attached hydrogen (secondary N) is 1. The Bertz CT molecular complexity index is 497. The molecule has 1 aromatic heterocycles. The summed E-state index contributed by atoms with van der Waals surface area (Å²) in [6.45, 7) is 4.26. The summed E-state index contributed by atoms with van der Waals surface area (Å²) in [4.78, 5) is 0. The summed E-state index contributed by atoms with van der Waals surface area (Å²) in [6.07, 6.45) is 1.59. The summed E-state index contributed by atoms with van der Waals surface area (Å²) in [5.74, 6) is 0.504. The van der Waals surface area contributed by atoms with Gasteiger partial charge in [-0.1, -0.05) is 13.0 Å². The second-order valence-electron chi connectivity index (χ2n) is 4.28. The van der Waals surface area contributed by atoms with Crippen LogP contribution in [0.25, 0.3) is 0 Å². The minimum absolute atomic E-state index is 0.236. The van der Waals surface area contributed by atoms with E-state index in [1.54, 1.807) is 18.4 Å². The quantitative estimate of drug-likeness (QED) is 0.832. The van der Waals surface area contributed by atoms with Crippen molar-refractivity contribution in [1.29, 1.82) is 0 Å². The predicted molar refractivity (Wildman–Crippen MR) is 71.0 cm³/mol. The third-order valence-corrected chi connectivity index (χ3v) is 2.77. The van der Waals surface area contributed by atoms with Gasteiger partial charge in [-0.05, 0) is 36.4 Å². The monoisotopic (exact) mass is 263 g/mol. The van der Waals surface area contributed by atoms with Crippen molar-refractivity contribution in [2.24, 2.45) is 0 Å². The van der Waals surface area contributed by atoms with E-state index in [9.17, 15) is 4.39 Å². The van der Waals surface area contributed by atoms with Crippen LogP contribution in [0.1, 0.15) is 23.8 Å². The number of furan rings is 1. The normalized spacial score (nSPS) is 10.8. The minimum atomic E-state index is -0.236. The molecule has 0 aliphatic heterocycles. The van der Waals surface area contributed by atoms with E-state index in [1.807, 2.05) is 19.1 Å². The van der Waals surface area contributed by atoms with Gasteiger partial charge in [0.1, 0.15) is 18.2 Å². The third kappa shape index (κ3) is 4.19. The molecule has 2 aromatic rings. The van der Waals surface area contributed by atoms with Crippen molar-refractivity contribution < 1.29 is 13.5 Å². The second-order valence-corrected chi connectivity index (χ2v) is 4.28. The number of hydrogen-bond acceptors (Lipinski definition) is 3. The zero-order valence-electron chi connectivity index (χ0n) is 11.0. The van der Waals surface area contributed by atoms with Gasteiger partial charge in [0.25, 0.3) is 0 Å². The van der Waals surface area contributed by atoms with Crippen molar-refractivity contribution in [3.8, 4) is 0 Å². The first-order valence-corrected chi connectivity index (χ1v) is 6.37. The summed E-state index contributed by atoms with van der Waals surface area (Å²) >= 11 is 0. The van der Waals surface area contributed by atoms with Crippen LogP contribution in [0.15, 0.2) is 41.0 Å². The molecule has 0 aliphatic rings. The maximum absolute atomic E-state index is 13.6. The van der Waals surface area contributed by atoms with Crippen molar-refractivity contribution in [2.45, 2.75) is 26.7 Å². The van der Waals surface area contributed by atoms with Gasteiger partial charge in [-0.25, -0.2) is 4.39 Å². The van der Waals surface area contributed by atoms with E-state index in [0.717, 1.165) is 24.4 Å². The van der Waals surface area contributed by atoms with Gasteiger partial charge in [-0.15, -0.1) is 0 Å². The van der Waals surface area contributed by atoms with Crippen molar-refractivity contribution in [1.82, 2.24) is 5.32 Å². The molecule has 0 aliphatic carbocycles. The predicted octanol–water partition coefficient (Wildman–Crippen LogP) is 3.25. The Morgan fingerprint density at radius 2 is 2.16 bits per heavy atom. The van der Waals surface area contributed by atoms with E-state index in [0.29, 0.717) is 12.2 Å². The lowest BCUT2D eigenvalue weighted by Gasteiger charge is -2.08. The van der Waals surface area contributed by atoms with Gasteiger partial charge in [0.15, 0.2) is 0 Å². The Balaban J connectivity index is 1.90. The fourth-order valence-corrected chi connectivity index (χ4v) is 1.77. The molecule has 0 spiro atoms. The Hall–Kier alpha value is -1.65. The van der Waals surface area contributed by atoms with Gasteiger partial charge in [0.2, 0.25) is 0 Å². The third-order valence-electron chi connectivity index (χ3n) is 2.77. The Morgan fingerprint density at radius 3 is 2.89 bits per heavy atom. The van der Waals surface area contributed by atoms with Crippen LogP contribution in [-0.2, 0) is 24.5 Å². The van der Waals surface area contributed by atoms with Crippen molar-refractivity contribution in [3.05, 3.63) is 59.3 Å². The summed E-state index contributed by atoms with van der Waals surface area (Å²) in [5.41, 5.74) is 1.63.